The van der Waals surface area contributed by atoms with Crippen LogP contribution in [0, 0.1) is 5.82 Å². The zero-order chi connectivity index (χ0) is 17.8. The number of halogens is 1. The second-order valence-corrected chi connectivity index (χ2v) is 5.50. The maximum Gasteiger partial charge on any atom is 0.261 e. The Morgan fingerprint density at radius 2 is 1.92 bits per heavy atom. The summed E-state index contributed by atoms with van der Waals surface area (Å²) in [6.45, 7) is 0.0372. The molecule has 7 heteroatoms. The standard InChI is InChI=1S/C18H17FN2O4/c1-24-14-3-5-15(6-4-14)25-10-13(22)9-21-11-20-17-8-12(19)2-7-16(17)18(21)23/h2-8,11,13,22H,9-10H2,1H3/t13-/m0/s1. The number of aliphatic hydroxyl groups is 1. The molecule has 0 aliphatic carbocycles. The third kappa shape index (κ3) is 3.95. The van der Waals surface area contributed by atoms with E-state index in [2.05, 4.69) is 4.98 Å². The van der Waals surface area contributed by atoms with Crippen LogP contribution in [0.5, 0.6) is 11.5 Å². The van der Waals surface area contributed by atoms with Gasteiger partial charge in [-0.2, -0.15) is 0 Å². The molecule has 0 unspecified atom stereocenters. The van der Waals surface area contributed by atoms with E-state index >= 15 is 0 Å². The third-order valence-electron chi connectivity index (χ3n) is 3.70. The van der Waals surface area contributed by atoms with Crippen molar-refractivity contribution in [1.29, 1.82) is 0 Å². The summed E-state index contributed by atoms with van der Waals surface area (Å²) in [5.41, 5.74) is -0.0567. The van der Waals surface area contributed by atoms with E-state index < -0.39 is 11.9 Å². The molecule has 0 aliphatic rings. The first-order valence-corrected chi connectivity index (χ1v) is 7.66. The van der Waals surface area contributed by atoms with E-state index in [1.807, 2.05) is 0 Å². The lowest BCUT2D eigenvalue weighted by molar-refractivity contribution is 0.0914. The highest BCUT2D eigenvalue weighted by Gasteiger charge is 2.11. The van der Waals surface area contributed by atoms with Crippen LogP contribution in [0.15, 0.2) is 53.6 Å². The van der Waals surface area contributed by atoms with Crippen LogP contribution in [0.25, 0.3) is 10.9 Å². The van der Waals surface area contributed by atoms with Crippen LogP contribution in [0.4, 0.5) is 4.39 Å². The summed E-state index contributed by atoms with van der Waals surface area (Å²) in [4.78, 5) is 16.4. The molecule has 0 fully saturated rings. The average molecular weight is 344 g/mol. The topological polar surface area (TPSA) is 73.6 Å². The van der Waals surface area contributed by atoms with E-state index in [0.29, 0.717) is 16.9 Å². The number of ether oxygens (including phenoxy) is 2. The van der Waals surface area contributed by atoms with Gasteiger partial charge in [-0.15, -0.1) is 0 Å². The highest BCUT2D eigenvalue weighted by atomic mass is 19.1. The summed E-state index contributed by atoms with van der Waals surface area (Å²) in [5.74, 6) is 0.836. The van der Waals surface area contributed by atoms with Crippen LogP contribution < -0.4 is 15.0 Å². The van der Waals surface area contributed by atoms with Crippen molar-refractivity contribution in [3.05, 3.63) is 65.0 Å². The van der Waals surface area contributed by atoms with Crippen molar-refractivity contribution in [3.8, 4) is 11.5 Å². The van der Waals surface area contributed by atoms with Gasteiger partial charge in [-0.25, -0.2) is 9.37 Å². The molecule has 2 aromatic carbocycles. The van der Waals surface area contributed by atoms with Crippen molar-refractivity contribution in [2.75, 3.05) is 13.7 Å². The Balaban J connectivity index is 1.67. The van der Waals surface area contributed by atoms with Crippen molar-refractivity contribution >= 4 is 10.9 Å². The largest absolute Gasteiger partial charge is 0.497 e. The lowest BCUT2D eigenvalue weighted by atomic mass is 10.2. The maximum absolute atomic E-state index is 13.2. The van der Waals surface area contributed by atoms with Crippen LogP contribution in [-0.4, -0.2) is 34.5 Å². The van der Waals surface area contributed by atoms with Gasteiger partial charge in [-0.3, -0.25) is 9.36 Å². The molecular formula is C18H17FN2O4. The van der Waals surface area contributed by atoms with Gasteiger partial charge in [0.1, 0.15) is 30.0 Å². The molecule has 1 N–H and O–H groups in total. The minimum Gasteiger partial charge on any atom is -0.497 e. The molecule has 6 nitrogen and oxygen atoms in total. The fourth-order valence-electron chi connectivity index (χ4n) is 2.41. The predicted molar refractivity (Wildman–Crippen MR) is 90.5 cm³/mol. The molecule has 3 rings (SSSR count). The Kier molecular flexibility index (Phi) is 4.95. The second-order valence-electron chi connectivity index (χ2n) is 5.50. The van der Waals surface area contributed by atoms with Crippen LogP contribution in [0.3, 0.4) is 0 Å². The molecule has 0 aliphatic heterocycles. The SMILES string of the molecule is COc1ccc(OC[C@@H](O)Cn2cnc3cc(F)ccc3c2=O)cc1. The van der Waals surface area contributed by atoms with Gasteiger partial charge >= 0.3 is 0 Å². The van der Waals surface area contributed by atoms with Gasteiger partial charge in [0.25, 0.3) is 5.56 Å². The van der Waals surface area contributed by atoms with E-state index in [1.54, 1.807) is 31.4 Å². The van der Waals surface area contributed by atoms with Crippen LogP contribution in [-0.2, 0) is 6.54 Å². The quantitative estimate of drug-likeness (QED) is 0.740. The number of benzene rings is 2. The molecule has 0 amide bonds. The van der Waals surface area contributed by atoms with Gasteiger partial charge < -0.3 is 14.6 Å². The zero-order valence-corrected chi connectivity index (χ0v) is 13.6. The smallest absolute Gasteiger partial charge is 0.261 e. The molecule has 0 saturated carbocycles. The lowest BCUT2D eigenvalue weighted by Gasteiger charge is -2.14. The van der Waals surface area contributed by atoms with Gasteiger partial charge in [0, 0.05) is 6.07 Å². The normalized spacial score (nSPS) is 12.1. The van der Waals surface area contributed by atoms with Crippen molar-refractivity contribution < 1.29 is 19.0 Å². The first kappa shape index (κ1) is 16.9. The third-order valence-corrected chi connectivity index (χ3v) is 3.70. The van der Waals surface area contributed by atoms with Crippen molar-refractivity contribution in [1.82, 2.24) is 9.55 Å². The molecule has 0 bridgehead atoms. The minimum atomic E-state index is -0.903. The highest BCUT2D eigenvalue weighted by molar-refractivity contribution is 5.77. The summed E-state index contributed by atoms with van der Waals surface area (Å²) in [6.07, 6.45) is 0.389. The Morgan fingerprint density at radius 3 is 2.64 bits per heavy atom. The van der Waals surface area contributed by atoms with E-state index in [9.17, 15) is 14.3 Å². The van der Waals surface area contributed by atoms with Gasteiger partial charge in [0.15, 0.2) is 0 Å². The van der Waals surface area contributed by atoms with E-state index in [1.165, 1.54) is 29.1 Å². The van der Waals surface area contributed by atoms with Gasteiger partial charge in [0.05, 0.1) is 30.9 Å². The monoisotopic (exact) mass is 344 g/mol. The van der Waals surface area contributed by atoms with Gasteiger partial charge in [-0.05, 0) is 36.4 Å². The number of methoxy groups -OCH3 is 1. The van der Waals surface area contributed by atoms with E-state index in [0.717, 1.165) is 0 Å². The molecule has 1 heterocycles. The number of hydrogen-bond donors (Lipinski definition) is 1. The van der Waals surface area contributed by atoms with Crippen LogP contribution >= 0.6 is 0 Å². The summed E-state index contributed by atoms with van der Waals surface area (Å²) in [5, 5.41) is 10.4. The van der Waals surface area contributed by atoms with E-state index in [-0.39, 0.29) is 24.2 Å². The Bertz CT molecular complexity index is 925. The van der Waals surface area contributed by atoms with Crippen LogP contribution in [0.1, 0.15) is 0 Å². The number of nitrogens with zero attached hydrogens (tertiary/aromatic N) is 2. The average Bonchev–Trinajstić information content (AvgIpc) is 2.62. The van der Waals surface area contributed by atoms with Gasteiger partial charge in [0.2, 0.25) is 0 Å². The summed E-state index contributed by atoms with van der Waals surface area (Å²) in [6, 6.07) is 10.7. The predicted octanol–water partition coefficient (Wildman–Crippen LogP) is 1.98. The molecule has 130 valence electrons. The number of rotatable bonds is 6. The molecule has 0 saturated heterocycles. The Labute approximate surface area is 143 Å². The number of fused-ring (bicyclic) bond motifs is 1. The molecule has 25 heavy (non-hydrogen) atoms. The summed E-state index contributed by atoms with van der Waals surface area (Å²) < 4.78 is 25.0. The number of hydrogen-bond acceptors (Lipinski definition) is 5. The highest BCUT2D eigenvalue weighted by Crippen LogP contribution is 2.17. The molecule has 3 aromatic rings. The minimum absolute atomic E-state index is 0.0141. The molecule has 1 atom stereocenters. The fraction of sp³-hybridized carbons (Fsp3) is 0.222. The summed E-state index contributed by atoms with van der Waals surface area (Å²) in [7, 11) is 1.57. The fourth-order valence-corrected chi connectivity index (χ4v) is 2.41. The lowest BCUT2D eigenvalue weighted by Crippen LogP contribution is -2.30. The summed E-state index contributed by atoms with van der Waals surface area (Å²) >= 11 is 0. The Morgan fingerprint density at radius 1 is 1.20 bits per heavy atom. The first-order valence-electron chi connectivity index (χ1n) is 7.66. The zero-order valence-electron chi connectivity index (χ0n) is 13.6. The van der Waals surface area contributed by atoms with Gasteiger partial charge in [-0.1, -0.05) is 0 Å². The molecule has 0 spiro atoms. The molecule has 0 radical (unpaired) electrons. The molecule has 1 aromatic heterocycles. The van der Waals surface area contributed by atoms with E-state index in [4.69, 9.17) is 9.47 Å². The second kappa shape index (κ2) is 7.31. The van der Waals surface area contributed by atoms with Crippen molar-refractivity contribution in [2.45, 2.75) is 12.6 Å². The first-order chi connectivity index (χ1) is 12.1. The maximum atomic E-state index is 13.2. The van der Waals surface area contributed by atoms with Crippen LogP contribution in [0.2, 0.25) is 0 Å². The van der Waals surface area contributed by atoms with Crippen molar-refractivity contribution in [2.24, 2.45) is 0 Å². The number of aliphatic hydroxyl groups excluding tert-OH is 1. The Hall–Kier alpha value is -2.93. The van der Waals surface area contributed by atoms with Crippen molar-refractivity contribution in [3.63, 3.8) is 0 Å². The number of aromatic nitrogens is 2. The molecular weight excluding hydrogens is 327 g/mol.